The SMILES string of the molecule is CC1CCc2ccccc2N1C(=O)COC(=O)Cc1ccc(Br)cc1. The molecule has 3 rings (SSSR count). The number of aryl methyl sites for hydroxylation is 1. The van der Waals surface area contributed by atoms with E-state index in [1.54, 1.807) is 4.90 Å². The van der Waals surface area contributed by atoms with Gasteiger partial charge in [-0.2, -0.15) is 0 Å². The summed E-state index contributed by atoms with van der Waals surface area (Å²) >= 11 is 3.36. The Bertz CT molecular complexity index is 773. The van der Waals surface area contributed by atoms with Crippen LogP contribution in [0.3, 0.4) is 0 Å². The van der Waals surface area contributed by atoms with Gasteiger partial charge in [-0.15, -0.1) is 0 Å². The number of hydrogen-bond donors (Lipinski definition) is 0. The van der Waals surface area contributed by atoms with E-state index in [1.165, 1.54) is 0 Å². The van der Waals surface area contributed by atoms with Gasteiger partial charge in [0, 0.05) is 16.2 Å². The minimum atomic E-state index is -0.395. The molecule has 4 nitrogen and oxygen atoms in total. The predicted molar refractivity (Wildman–Crippen MR) is 101 cm³/mol. The van der Waals surface area contributed by atoms with Gasteiger partial charge in [-0.1, -0.05) is 46.3 Å². The van der Waals surface area contributed by atoms with E-state index in [0.29, 0.717) is 0 Å². The minimum absolute atomic E-state index is 0.104. The van der Waals surface area contributed by atoms with Crippen molar-refractivity contribution in [1.82, 2.24) is 0 Å². The molecule has 1 heterocycles. The van der Waals surface area contributed by atoms with Crippen molar-refractivity contribution in [2.75, 3.05) is 11.5 Å². The summed E-state index contributed by atoms with van der Waals surface area (Å²) in [5, 5.41) is 0. The van der Waals surface area contributed by atoms with E-state index in [-0.39, 0.29) is 25.0 Å². The highest BCUT2D eigenvalue weighted by molar-refractivity contribution is 9.10. The first-order valence-electron chi connectivity index (χ1n) is 8.34. The Morgan fingerprint density at radius 2 is 1.88 bits per heavy atom. The molecule has 1 amide bonds. The fourth-order valence-corrected chi connectivity index (χ4v) is 3.36. The molecule has 0 fully saturated rings. The molecule has 0 saturated heterocycles. The molecule has 1 atom stereocenters. The fraction of sp³-hybridized carbons (Fsp3) is 0.300. The average molecular weight is 402 g/mol. The van der Waals surface area contributed by atoms with Crippen molar-refractivity contribution >= 4 is 33.5 Å². The van der Waals surface area contributed by atoms with E-state index in [2.05, 4.69) is 15.9 Å². The largest absolute Gasteiger partial charge is 0.455 e. The van der Waals surface area contributed by atoms with Gasteiger partial charge in [-0.3, -0.25) is 9.59 Å². The summed E-state index contributed by atoms with van der Waals surface area (Å²) in [6.07, 6.45) is 2.03. The number of para-hydroxylation sites is 1. The molecule has 5 heteroatoms. The van der Waals surface area contributed by atoms with Crippen LogP contribution < -0.4 is 4.90 Å². The summed E-state index contributed by atoms with van der Waals surface area (Å²) in [6.45, 7) is 1.80. The van der Waals surface area contributed by atoms with Gasteiger partial charge in [0.1, 0.15) is 0 Å². The summed E-state index contributed by atoms with van der Waals surface area (Å²) < 4.78 is 6.17. The number of esters is 1. The van der Waals surface area contributed by atoms with Crippen LogP contribution in [0, 0.1) is 0 Å². The fourth-order valence-electron chi connectivity index (χ4n) is 3.10. The molecule has 0 spiro atoms. The number of carbonyl (C=O) groups is 2. The third-order valence-electron chi connectivity index (χ3n) is 4.41. The minimum Gasteiger partial charge on any atom is -0.455 e. The van der Waals surface area contributed by atoms with E-state index < -0.39 is 5.97 Å². The molecule has 0 aliphatic carbocycles. The van der Waals surface area contributed by atoms with Crippen molar-refractivity contribution in [3.8, 4) is 0 Å². The summed E-state index contributed by atoms with van der Waals surface area (Å²) in [6, 6.07) is 15.5. The average Bonchev–Trinajstić information content (AvgIpc) is 2.61. The lowest BCUT2D eigenvalue weighted by Gasteiger charge is -2.35. The molecule has 0 saturated carbocycles. The summed E-state index contributed by atoms with van der Waals surface area (Å²) in [5.74, 6) is -0.572. The molecule has 1 aliphatic heterocycles. The highest BCUT2D eigenvalue weighted by Crippen LogP contribution is 2.30. The normalized spacial score (nSPS) is 16.2. The van der Waals surface area contributed by atoms with Crippen molar-refractivity contribution in [1.29, 1.82) is 0 Å². The van der Waals surface area contributed by atoms with Gasteiger partial charge in [-0.25, -0.2) is 0 Å². The van der Waals surface area contributed by atoms with E-state index in [4.69, 9.17) is 4.74 Å². The number of benzene rings is 2. The summed E-state index contributed by atoms with van der Waals surface area (Å²) in [7, 11) is 0. The quantitative estimate of drug-likeness (QED) is 0.729. The second-order valence-corrected chi connectivity index (χ2v) is 7.16. The third kappa shape index (κ3) is 4.28. The summed E-state index contributed by atoms with van der Waals surface area (Å²) in [5.41, 5.74) is 2.95. The van der Waals surface area contributed by atoms with Crippen LogP contribution >= 0.6 is 15.9 Å². The molecule has 0 radical (unpaired) electrons. The van der Waals surface area contributed by atoms with Crippen LogP contribution in [-0.4, -0.2) is 24.5 Å². The van der Waals surface area contributed by atoms with Gasteiger partial charge in [0.05, 0.1) is 6.42 Å². The lowest BCUT2D eigenvalue weighted by molar-refractivity contribution is -0.147. The third-order valence-corrected chi connectivity index (χ3v) is 4.94. The van der Waals surface area contributed by atoms with Crippen LogP contribution in [0.25, 0.3) is 0 Å². The molecule has 25 heavy (non-hydrogen) atoms. The van der Waals surface area contributed by atoms with Gasteiger partial charge in [0.15, 0.2) is 6.61 Å². The van der Waals surface area contributed by atoms with Gasteiger partial charge in [0.25, 0.3) is 5.91 Å². The second-order valence-electron chi connectivity index (χ2n) is 6.24. The first kappa shape index (κ1) is 17.7. The Kier molecular flexibility index (Phi) is 5.53. The number of anilines is 1. The molecule has 0 N–H and O–H groups in total. The Labute approximate surface area is 155 Å². The van der Waals surface area contributed by atoms with E-state index in [1.807, 2.05) is 55.5 Å². The maximum Gasteiger partial charge on any atom is 0.310 e. The van der Waals surface area contributed by atoms with Gasteiger partial charge in [-0.05, 0) is 49.1 Å². The lowest BCUT2D eigenvalue weighted by atomic mass is 9.96. The van der Waals surface area contributed by atoms with Crippen LogP contribution in [0.2, 0.25) is 0 Å². The highest BCUT2D eigenvalue weighted by Gasteiger charge is 2.28. The van der Waals surface area contributed by atoms with Crippen LogP contribution in [-0.2, 0) is 27.2 Å². The predicted octanol–water partition coefficient (Wildman–Crippen LogP) is 3.90. The number of nitrogens with zero attached hydrogens (tertiary/aromatic N) is 1. The van der Waals surface area contributed by atoms with Gasteiger partial charge < -0.3 is 9.64 Å². The van der Waals surface area contributed by atoms with Crippen molar-refractivity contribution in [3.63, 3.8) is 0 Å². The Morgan fingerprint density at radius 1 is 1.16 bits per heavy atom. The number of carbonyl (C=O) groups excluding carboxylic acids is 2. The topological polar surface area (TPSA) is 46.6 Å². The Balaban J connectivity index is 1.60. The van der Waals surface area contributed by atoms with Crippen molar-refractivity contribution in [3.05, 3.63) is 64.1 Å². The maximum atomic E-state index is 12.6. The molecule has 1 unspecified atom stereocenters. The molecule has 2 aromatic carbocycles. The molecular formula is C20H20BrNO3. The van der Waals surface area contributed by atoms with E-state index in [0.717, 1.165) is 34.1 Å². The zero-order chi connectivity index (χ0) is 17.8. The molecular weight excluding hydrogens is 382 g/mol. The Morgan fingerprint density at radius 3 is 2.64 bits per heavy atom. The standard InChI is InChI=1S/C20H20BrNO3/c1-14-6-9-16-4-2-3-5-18(16)22(14)19(23)13-25-20(24)12-15-7-10-17(21)11-8-15/h2-5,7-8,10-11,14H,6,9,12-13H2,1H3. The first-order chi connectivity index (χ1) is 12.0. The Hall–Kier alpha value is -2.14. The molecule has 2 aromatic rings. The first-order valence-corrected chi connectivity index (χ1v) is 9.14. The van der Waals surface area contributed by atoms with Crippen molar-refractivity contribution < 1.29 is 14.3 Å². The van der Waals surface area contributed by atoms with E-state index >= 15 is 0 Å². The van der Waals surface area contributed by atoms with Crippen LogP contribution in [0.4, 0.5) is 5.69 Å². The van der Waals surface area contributed by atoms with Crippen LogP contribution in [0.1, 0.15) is 24.5 Å². The van der Waals surface area contributed by atoms with Crippen LogP contribution in [0.5, 0.6) is 0 Å². The molecule has 1 aliphatic rings. The van der Waals surface area contributed by atoms with Crippen molar-refractivity contribution in [2.24, 2.45) is 0 Å². The number of ether oxygens (including phenoxy) is 1. The maximum absolute atomic E-state index is 12.6. The number of amides is 1. The second kappa shape index (κ2) is 7.83. The lowest BCUT2D eigenvalue weighted by Crippen LogP contribution is -2.44. The van der Waals surface area contributed by atoms with E-state index in [9.17, 15) is 9.59 Å². The van der Waals surface area contributed by atoms with Crippen molar-refractivity contribution in [2.45, 2.75) is 32.2 Å². The van der Waals surface area contributed by atoms with Gasteiger partial charge >= 0.3 is 5.97 Å². The van der Waals surface area contributed by atoms with Gasteiger partial charge in [0.2, 0.25) is 0 Å². The smallest absolute Gasteiger partial charge is 0.310 e. The highest BCUT2D eigenvalue weighted by atomic mass is 79.9. The molecule has 130 valence electrons. The number of fused-ring (bicyclic) bond motifs is 1. The summed E-state index contributed by atoms with van der Waals surface area (Å²) in [4.78, 5) is 26.4. The number of hydrogen-bond acceptors (Lipinski definition) is 3. The monoisotopic (exact) mass is 401 g/mol. The van der Waals surface area contributed by atoms with Crippen LogP contribution in [0.15, 0.2) is 53.0 Å². The molecule has 0 aromatic heterocycles. The number of rotatable bonds is 4. The zero-order valence-corrected chi connectivity index (χ0v) is 15.7. The number of halogens is 1. The molecule has 0 bridgehead atoms. The zero-order valence-electron chi connectivity index (χ0n) is 14.1.